The molecule has 164 valence electrons. The minimum atomic E-state index is -0.0886. The van der Waals surface area contributed by atoms with Crippen LogP contribution in [0.1, 0.15) is 59.3 Å². The number of hydrogen-bond acceptors (Lipinski definition) is 3. The predicted molar refractivity (Wildman–Crippen MR) is 123 cm³/mol. The molecule has 30 heavy (non-hydrogen) atoms. The number of piperazine rings is 1. The molecule has 0 spiro atoms. The van der Waals surface area contributed by atoms with Gasteiger partial charge in [-0.3, -0.25) is 9.69 Å². The maximum atomic E-state index is 13.5. The second-order valence-electron chi connectivity index (χ2n) is 11.8. The monoisotopic (exact) mass is 409 g/mol. The van der Waals surface area contributed by atoms with Crippen molar-refractivity contribution in [3.8, 4) is 0 Å². The van der Waals surface area contributed by atoms with Crippen molar-refractivity contribution in [3.63, 3.8) is 0 Å². The summed E-state index contributed by atoms with van der Waals surface area (Å²) in [4.78, 5) is 18.5. The van der Waals surface area contributed by atoms with Crippen molar-refractivity contribution in [2.45, 2.75) is 65.3 Å². The Labute approximate surface area is 182 Å². The van der Waals surface area contributed by atoms with Crippen LogP contribution in [-0.2, 0) is 4.79 Å². The molecule has 1 amide bonds. The third-order valence-corrected chi connectivity index (χ3v) is 8.72. The molecule has 0 aromatic heterocycles. The molecule has 4 aliphatic carbocycles. The van der Waals surface area contributed by atoms with E-state index in [-0.39, 0.29) is 5.41 Å². The highest BCUT2D eigenvalue weighted by Gasteiger charge is 2.62. The number of nitrogens with one attached hydrogen (secondary N) is 1. The van der Waals surface area contributed by atoms with Gasteiger partial charge in [-0.2, -0.15) is 0 Å². The topological polar surface area (TPSA) is 35.6 Å². The average molecular weight is 410 g/mol. The molecule has 4 saturated carbocycles. The molecule has 3 atom stereocenters. The van der Waals surface area contributed by atoms with Gasteiger partial charge in [-0.15, -0.1) is 0 Å². The lowest BCUT2D eigenvalue weighted by Crippen LogP contribution is -2.60. The van der Waals surface area contributed by atoms with Gasteiger partial charge in [0.2, 0.25) is 5.91 Å². The number of amides is 1. The lowest BCUT2D eigenvalue weighted by Gasteiger charge is -2.64. The summed E-state index contributed by atoms with van der Waals surface area (Å²) in [6, 6.07) is 11.1. The number of anilines is 1. The van der Waals surface area contributed by atoms with E-state index in [4.69, 9.17) is 0 Å². The van der Waals surface area contributed by atoms with E-state index in [9.17, 15) is 4.79 Å². The lowest BCUT2D eigenvalue weighted by atomic mass is 9.40. The number of para-hydroxylation sites is 1. The van der Waals surface area contributed by atoms with Crippen molar-refractivity contribution < 1.29 is 4.79 Å². The Morgan fingerprint density at radius 2 is 1.63 bits per heavy atom. The maximum Gasteiger partial charge on any atom is 0.226 e. The third kappa shape index (κ3) is 3.66. The molecule has 3 unspecified atom stereocenters. The molecule has 1 saturated heterocycles. The van der Waals surface area contributed by atoms with Gasteiger partial charge in [0.1, 0.15) is 0 Å². The van der Waals surface area contributed by atoms with Crippen molar-refractivity contribution in [1.29, 1.82) is 0 Å². The van der Waals surface area contributed by atoms with E-state index >= 15 is 0 Å². The average Bonchev–Trinajstić information content (AvgIpc) is 2.70. The third-order valence-electron chi connectivity index (χ3n) is 8.72. The zero-order chi connectivity index (χ0) is 21.0. The molecule has 4 heteroatoms. The zero-order valence-corrected chi connectivity index (χ0v) is 19.1. The Balaban J connectivity index is 1.16. The standard InChI is InChI=1S/C26H39N3O/c1-20(28-9-11-29(12-10-28)22-7-5-4-6-8-22)16-27-23(30)26-15-21-13-24(2,18-26)17-25(3,14-21)19-26/h4-8,20-21H,9-19H2,1-3H3,(H,27,30). The van der Waals surface area contributed by atoms with E-state index in [1.54, 1.807) is 0 Å². The fraction of sp³-hybridized carbons (Fsp3) is 0.731. The van der Waals surface area contributed by atoms with Crippen molar-refractivity contribution >= 4 is 11.6 Å². The van der Waals surface area contributed by atoms with Crippen LogP contribution in [0.15, 0.2) is 30.3 Å². The summed E-state index contributed by atoms with van der Waals surface area (Å²) in [7, 11) is 0. The molecule has 4 bridgehead atoms. The SMILES string of the molecule is CC(CNC(=O)C12CC3CC(C)(CC(C)(C3)C1)C2)N1CCN(c2ccccc2)CC1. The molecular weight excluding hydrogens is 370 g/mol. The number of benzene rings is 1. The van der Waals surface area contributed by atoms with Gasteiger partial charge in [0.25, 0.3) is 0 Å². The summed E-state index contributed by atoms with van der Waals surface area (Å²) < 4.78 is 0. The molecular formula is C26H39N3O. The lowest BCUT2D eigenvalue weighted by molar-refractivity contribution is -0.170. The Bertz CT molecular complexity index is 767. The highest BCUT2D eigenvalue weighted by molar-refractivity contribution is 5.83. The number of rotatable bonds is 5. The van der Waals surface area contributed by atoms with Crippen LogP contribution >= 0.6 is 0 Å². The highest BCUT2D eigenvalue weighted by atomic mass is 16.2. The van der Waals surface area contributed by atoms with Crippen LogP contribution in [0.4, 0.5) is 5.69 Å². The summed E-state index contributed by atoms with van der Waals surface area (Å²) >= 11 is 0. The fourth-order valence-electron chi connectivity index (χ4n) is 8.32. The van der Waals surface area contributed by atoms with Crippen LogP contribution < -0.4 is 10.2 Å². The van der Waals surface area contributed by atoms with Crippen molar-refractivity contribution in [2.75, 3.05) is 37.6 Å². The molecule has 1 N–H and O–H groups in total. The van der Waals surface area contributed by atoms with Crippen LogP contribution in [0.5, 0.6) is 0 Å². The summed E-state index contributed by atoms with van der Waals surface area (Å²) in [5.41, 5.74) is 2.02. The van der Waals surface area contributed by atoms with Crippen molar-refractivity contribution in [3.05, 3.63) is 30.3 Å². The van der Waals surface area contributed by atoms with Crippen LogP contribution in [0, 0.1) is 22.2 Å². The quantitative estimate of drug-likeness (QED) is 0.787. The Morgan fingerprint density at radius 1 is 1.00 bits per heavy atom. The van der Waals surface area contributed by atoms with Crippen LogP contribution in [0.3, 0.4) is 0 Å². The minimum Gasteiger partial charge on any atom is -0.369 e. The van der Waals surface area contributed by atoms with Gasteiger partial charge < -0.3 is 10.2 Å². The second kappa shape index (κ2) is 7.25. The smallest absolute Gasteiger partial charge is 0.226 e. The molecule has 1 aromatic carbocycles. The molecule has 1 heterocycles. The summed E-state index contributed by atoms with van der Waals surface area (Å²) in [6.45, 7) is 12.2. The van der Waals surface area contributed by atoms with Gasteiger partial charge in [-0.1, -0.05) is 32.0 Å². The maximum absolute atomic E-state index is 13.5. The molecule has 4 nitrogen and oxygen atoms in total. The highest BCUT2D eigenvalue weighted by Crippen LogP contribution is 2.69. The number of carbonyl (C=O) groups excluding carboxylic acids is 1. The largest absolute Gasteiger partial charge is 0.369 e. The molecule has 0 radical (unpaired) electrons. The Kier molecular flexibility index (Phi) is 4.92. The summed E-state index contributed by atoms with van der Waals surface area (Å²) in [6.07, 6.45) is 7.38. The number of carbonyl (C=O) groups is 1. The molecule has 5 aliphatic rings. The number of hydrogen-bond donors (Lipinski definition) is 1. The fourth-order valence-corrected chi connectivity index (χ4v) is 8.32. The van der Waals surface area contributed by atoms with E-state index in [1.807, 2.05) is 0 Å². The van der Waals surface area contributed by atoms with Crippen molar-refractivity contribution in [1.82, 2.24) is 10.2 Å². The van der Waals surface area contributed by atoms with E-state index in [0.717, 1.165) is 57.9 Å². The van der Waals surface area contributed by atoms with Gasteiger partial charge in [-0.25, -0.2) is 0 Å². The second-order valence-corrected chi connectivity index (χ2v) is 11.8. The van der Waals surface area contributed by atoms with Crippen molar-refractivity contribution in [2.24, 2.45) is 22.2 Å². The van der Waals surface area contributed by atoms with E-state index in [1.165, 1.54) is 24.9 Å². The van der Waals surface area contributed by atoms with Gasteiger partial charge in [0, 0.05) is 44.5 Å². The van der Waals surface area contributed by atoms with Crippen LogP contribution in [0.2, 0.25) is 0 Å². The van der Waals surface area contributed by atoms with Gasteiger partial charge in [0.05, 0.1) is 5.41 Å². The number of nitrogens with zero attached hydrogens (tertiary/aromatic N) is 2. The zero-order valence-electron chi connectivity index (χ0n) is 19.1. The minimum absolute atomic E-state index is 0.0886. The van der Waals surface area contributed by atoms with Gasteiger partial charge >= 0.3 is 0 Å². The Hall–Kier alpha value is -1.55. The molecule has 6 rings (SSSR count). The van der Waals surface area contributed by atoms with E-state index < -0.39 is 0 Å². The molecule has 5 fully saturated rings. The molecule has 1 aliphatic heterocycles. The molecule has 1 aromatic rings. The first-order chi connectivity index (χ1) is 14.3. The first-order valence-electron chi connectivity index (χ1n) is 12.1. The van der Waals surface area contributed by atoms with Gasteiger partial charge in [0.15, 0.2) is 0 Å². The first kappa shape index (κ1) is 20.4. The summed E-state index contributed by atoms with van der Waals surface area (Å²) in [5.74, 6) is 1.13. The Morgan fingerprint density at radius 3 is 2.23 bits per heavy atom. The van der Waals surface area contributed by atoms with E-state index in [0.29, 0.717) is 22.8 Å². The summed E-state index contributed by atoms with van der Waals surface area (Å²) in [5, 5.41) is 3.42. The van der Waals surface area contributed by atoms with E-state index in [2.05, 4.69) is 66.2 Å². The van der Waals surface area contributed by atoms with Gasteiger partial charge in [-0.05, 0) is 74.3 Å². The normalized spacial score (nSPS) is 39.2. The predicted octanol–water partition coefficient (Wildman–Crippen LogP) is 4.31. The van der Waals surface area contributed by atoms with Crippen LogP contribution in [-0.4, -0.2) is 49.6 Å². The van der Waals surface area contributed by atoms with Crippen LogP contribution in [0.25, 0.3) is 0 Å². The first-order valence-corrected chi connectivity index (χ1v) is 12.1.